The summed E-state index contributed by atoms with van der Waals surface area (Å²) in [6, 6.07) is 9.47. The first-order valence-corrected chi connectivity index (χ1v) is 9.29. The zero-order chi connectivity index (χ0) is 16.8. The maximum absolute atomic E-state index is 11.0. The Hall–Kier alpha value is -0.910. The number of rotatable bonds is 7. The summed E-state index contributed by atoms with van der Waals surface area (Å²) < 4.78 is 1.11. The number of nitrogens with zero attached hydrogens (tertiary/aromatic N) is 2. The van der Waals surface area contributed by atoms with Gasteiger partial charge in [0.25, 0.3) is 0 Å². The highest BCUT2D eigenvalue weighted by atomic mass is 79.9. The molecule has 1 aliphatic rings. The fourth-order valence-electron chi connectivity index (χ4n) is 3.63. The second kappa shape index (κ2) is 8.81. The van der Waals surface area contributed by atoms with Crippen LogP contribution in [-0.4, -0.2) is 53.1 Å². The van der Waals surface area contributed by atoms with E-state index in [1.807, 2.05) is 6.92 Å². The van der Waals surface area contributed by atoms with Gasteiger partial charge in [-0.3, -0.25) is 14.6 Å². The van der Waals surface area contributed by atoms with Crippen LogP contribution in [0.5, 0.6) is 0 Å². The molecule has 1 atom stereocenters. The molecule has 0 aromatic heterocycles. The Kier molecular flexibility index (Phi) is 7.06. The second-order valence-corrected chi connectivity index (χ2v) is 7.12. The highest BCUT2D eigenvalue weighted by Crippen LogP contribution is 2.29. The van der Waals surface area contributed by atoms with Crippen LogP contribution in [0.2, 0.25) is 0 Å². The summed E-state index contributed by atoms with van der Waals surface area (Å²) in [5, 5.41) is 9.04. The van der Waals surface area contributed by atoms with Crippen molar-refractivity contribution >= 4 is 21.9 Å². The summed E-state index contributed by atoms with van der Waals surface area (Å²) in [5.74, 6) is -0.726. The molecule has 23 heavy (non-hydrogen) atoms. The van der Waals surface area contributed by atoms with Gasteiger partial charge in [0.1, 0.15) is 0 Å². The molecule has 2 rings (SSSR count). The molecule has 1 aromatic carbocycles. The molecule has 1 aromatic rings. The van der Waals surface area contributed by atoms with Gasteiger partial charge in [-0.2, -0.15) is 0 Å². The topological polar surface area (TPSA) is 43.8 Å². The van der Waals surface area contributed by atoms with Gasteiger partial charge < -0.3 is 5.11 Å². The minimum absolute atomic E-state index is 0.158. The molecule has 4 nitrogen and oxygen atoms in total. The molecule has 1 N–H and O–H groups in total. The first-order valence-electron chi connectivity index (χ1n) is 8.50. The quantitative estimate of drug-likeness (QED) is 0.779. The number of hydrogen-bond acceptors (Lipinski definition) is 3. The van der Waals surface area contributed by atoms with Crippen molar-refractivity contribution in [1.82, 2.24) is 9.80 Å². The Bertz CT molecular complexity index is 498. The van der Waals surface area contributed by atoms with Crippen molar-refractivity contribution in [3.05, 3.63) is 34.3 Å². The summed E-state index contributed by atoms with van der Waals surface area (Å²) in [6.45, 7) is 7.32. The van der Waals surface area contributed by atoms with E-state index in [1.54, 1.807) is 0 Å². The molecule has 1 fully saturated rings. The van der Waals surface area contributed by atoms with Crippen LogP contribution in [0.4, 0.5) is 0 Å². The van der Waals surface area contributed by atoms with Gasteiger partial charge in [0.15, 0.2) is 0 Å². The predicted octanol–water partition coefficient (Wildman–Crippen LogP) is 3.77. The molecule has 0 radical (unpaired) electrons. The van der Waals surface area contributed by atoms with Crippen molar-refractivity contribution < 1.29 is 9.90 Å². The SMILES string of the molecule is CCC(c1ccc(Br)cc1)N1CCC(N(CC)CC(=O)O)CC1. The molecule has 0 spiro atoms. The van der Waals surface area contributed by atoms with E-state index in [-0.39, 0.29) is 6.54 Å². The van der Waals surface area contributed by atoms with Gasteiger partial charge in [-0.25, -0.2) is 0 Å². The number of likely N-dealkylation sites (N-methyl/N-ethyl adjacent to an activating group) is 1. The Labute approximate surface area is 147 Å². The summed E-state index contributed by atoms with van der Waals surface area (Å²) >= 11 is 3.50. The number of carboxylic acids is 1. The maximum Gasteiger partial charge on any atom is 0.317 e. The van der Waals surface area contributed by atoms with E-state index in [9.17, 15) is 4.79 Å². The molecule has 1 heterocycles. The number of likely N-dealkylation sites (tertiary alicyclic amines) is 1. The maximum atomic E-state index is 11.0. The van der Waals surface area contributed by atoms with Crippen molar-refractivity contribution in [2.75, 3.05) is 26.2 Å². The fraction of sp³-hybridized carbons (Fsp3) is 0.611. The third-order valence-corrected chi connectivity index (χ3v) is 5.37. The fourth-order valence-corrected chi connectivity index (χ4v) is 3.89. The second-order valence-electron chi connectivity index (χ2n) is 6.20. The van der Waals surface area contributed by atoms with Crippen molar-refractivity contribution in [1.29, 1.82) is 0 Å². The lowest BCUT2D eigenvalue weighted by atomic mass is 9.97. The van der Waals surface area contributed by atoms with Crippen LogP contribution in [0.1, 0.15) is 44.7 Å². The normalized spacial score (nSPS) is 18.3. The van der Waals surface area contributed by atoms with Crippen LogP contribution in [0.3, 0.4) is 0 Å². The minimum Gasteiger partial charge on any atom is -0.480 e. The van der Waals surface area contributed by atoms with Crippen molar-refractivity contribution in [3.63, 3.8) is 0 Å². The third kappa shape index (κ3) is 5.03. The predicted molar refractivity (Wildman–Crippen MR) is 96.7 cm³/mol. The Morgan fingerprint density at radius 1 is 1.30 bits per heavy atom. The lowest BCUT2D eigenvalue weighted by molar-refractivity contribution is -0.139. The third-order valence-electron chi connectivity index (χ3n) is 4.84. The number of halogens is 1. The molecule has 1 unspecified atom stereocenters. The highest BCUT2D eigenvalue weighted by molar-refractivity contribution is 9.10. The summed E-state index contributed by atoms with van der Waals surface area (Å²) in [4.78, 5) is 15.6. The first kappa shape index (κ1) is 18.4. The van der Waals surface area contributed by atoms with Crippen LogP contribution in [0.15, 0.2) is 28.7 Å². The molecule has 0 saturated carbocycles. The number of hydrogen-bond donors (Lipinski definition) is 1. The summed E-state index contributed by atoms with van der Waals surface area (Å²) in [7, 11) is 0. The first-order chi connectivity index (χ1) is 11.0. The number of piperidine rings is 1. The van der Waals surface area contributed by atoms with Crippen LogP contribution in [-0.2, 0) is 4.79 Å². The van der Waals surface area contributed by atoms with Gasteiger partial charge in [-0.1, -0.05) is 41.9 Å². The molecule has 0 aliphatic carbocycles. The molecule has 0 bridgehead atoms. The van der Waals surface area contributed by atoms with E-state index in [2.05, 4.69) is 56.9 Å². The Morgan fingerprint density at radius 3 is 2.39 bits per heavy atom. The smallest absolute Gasteiger partial charge is 0.317 e. The van der Waals surface area contributed by atoms with E-state index in [0.717, 1.165) is 43.4 Å². The van der Waals surface area contributed by atoms with Gasteiger partial charge in [-0.05, 0) is 43.5 Å². The van der Waals surface area contributed by atoms with E-state index in [4.69, 9.17) is 5.11 Å². The van der Waals surface area contributed by atoms with Gasteiger partial charge in [-0.15, -0.1) is 0 Å². The molecule has 1 saturated heterocycles. The number of carbonyl (C=O) groups is 1. The van der Waals surface area contributed by atoms with E-state index < -0.39 is 5.97 Å². The highest BCUT2D eigenvalue weighted by Gasteiger charge is 2.28. The van der Waals surface area contributed by atoms with Crippen molar-refractivity contribution in [2.24, 2.45) is 0 Å². The van der Waals surface area contributed by atoms with E-state index >= 15 is 0 Å². The van der Waals surface area contributed by atoms with Crippen molar-refractivity contribution in [3.8, 4) is 0 Å². The average molecular weight is 383 g/mol. The van der Waals surface area contributed by atoms with Crippen LogP contribution >= 0.6 is 15.9 Å². The van der Waals surface area contributed by atoms with Crippen LogP contribution < -0.4 is 0 Å². The average Bonchev–Trinajstić information content (AvgIpc) is 2.55. The number of carboxylic acid groups (broad SMARTS) is 1. The Balaban J connectivity index is 1.96. The van der Waals surface area contributed by atoms with Gasteiger partial charge in [0.2, 0.25) is 0 Å². The van der Waals surface area contributed by atoms with Crippen LogP contribution in [0.25, 0.3) is 0 Å². The molecule has 5 heteroatoms. The largest absolute Gasteiger partial charge is 0.480 e. The lowest BCUT2D eigenvalue weighted by Crippen LogP contribution is -2.47. The zero-order valence-electron chi connectivity index (χ0n) is 14.0. The summed E-state index contributed by atoms with van der Waals surface area (Å²) in [5.41, 5.74) is 1.37. The van der Waals surface area contributed by atoms with E-state index in [1.165, 1.54) is 5.56 Å². The van der Waals surface area contributed by atoms with Gasteiger partial charge in [0.05, 0.1) is 6.54 Å². The standard InChI is InChI=1S/C18H27BrN2O2/c1-3-17(14-5-7-15(19)8-6-14)21-11-9-16(10-12-21)20(4-2)13-18(22)23/h5-8,16-17H,3-4,9-13H2,1-2H3,(H,22,23). The Morgan fingerprint density at radius 2 is 1.91 bits per heavy atom. The van der Waals surface area contributed by atoms with Gasteiger partial charge in [0, 0.05) is 29.6 Å². The molecule has 1 aliphatic heterocycles. The molecule has 128 valence electrons. The van der Waals surface area contributed by atoms with E-state index in [0.29, 0.717) is 12.1 Å². The lowest BCUT2D eigenvalue weighted by Gasteiger charge is -2.41. The zero-order valence-corrected chi connectivity index (χ0v) is 15.6. The molecular weight excluding hydrogens is 356 g/mol. The molecular formula is C18H27BrN2O2. The monoisotopic (exact) mass is 382 g/mol. The minimum atomic E-state index is -0.726. The van der Waals surface area contributed by atoms with Gasteiger partial charge >= 0.3 is 5.97 Å². The van der Waals surface area contributed by atoms with Crippen molar-refractivity contribution in [2.45, 2.75) is 45.2 Å². The van der Waals surface area contributed by atoms with Crippen LogP contribution in [0, 0.1) is 0 Å². The summed E-state index contributed by atoms with van der Waals surface area (Å²) in [6.07, 6.45) is 3.20. The molecule has 0 amide bonds. The number of aliphatic carboxylic acids is 1. The number of benzene rings is 1.